The number of aryl methyl sites for hydroxylation is 1. The average molecular weight is 254 g/mol. The fourth-order valence-corrected chi connectivity index (χ4v) is 2.20. The van der Waals surface area contributed by atoms with Crippen molar-refractivity contribution in [1.82, 2.24) is 9.55 Å². The van der Waals surface area contributed by atoms with E-state index in [-0.39, 0.29) is 12.5 Å². The molecule has 0 amide bonds. The predicted molar refractivity (Wildman–Crippen MR) is 64.0 cm³/mol. The summed E-state index contributed by atoms with van der Waals surface area (Å²) in [6.45, 7) is 3.44. The molecule has 0 aliphatic carbocycles. The van der Waals surface area contributed by atoms with Crippen molar-refractivity contribution in [2.24, 2.45) is 5.92 Å². The largest absolute Gasteiger partial charge is 0.394 e. The minimum absolute atomic E-state index is 0.267. The topological polar surface area (TPSA) is 84.6 Å². The molecule has 4 unspecified atom stereocenters. The molecule has 2 rings (SSSR count). The van der Waals surface area contributed by atoms with Crippen LogP contribution in [0.4, 0.5) is 0 Å². The third-order valence-corrected chi connectivity index (χ3v) is 3.39. The maximum Gasteiger partial charge on any atom is 0.349 e. The summed E-state index contributed by atoms with van der Waals surface area (Å²) in [6, 6.07) is 1.76. The van der Waals surface area contributed by atoms with Crippen LogP contribution in [-0.2, 0) is 11.2 Å². The monoisotopic (exact) mass is 254 g/mol. The van der Waals surface area contributed by atoms with Crippen molar-refractivity contribution in [3.8, 4) is 0 Å². The Morgan fingerprint density at radius 2 is 2.28 bits per heavy atom. The molecule has 1 aromatic heterocycles. The summed E-state index contributed by atoms with van der Waals surface area (Å²) in [6.07, 6.45) is 0.310. The predicted octanol–water partition coefficient (Wildman–Crippen LogP) is -0.308. The minimum Gasteiger partial charge on any atom is -0.394 e. The van der Waals surface area contributed by atoms with Crippen LogP contribution in [0.25, 0.3) is 0 Å². The normalized spacial score (nSPS) is 31.8. The fourth-order valence-electron chi connectivity index (χ4n) is 2.20. The summed E-state index contributed by atoms with van der Waals surface area (Å²) in [4.78, 5) is 15.8. The van der Waals surface area contributed by atoms with Gasteiger partial charge in [0.25, 0.3) is 0 Å². The molecule has 2 N–H and O–H groups in total. The Hall–Kier alpha value is -1.24. The molecule has 4 atom stereocenters. The molecule has 0 bridgehead atoms. The first kappa shape index (κ1) is 13.2. The Morgan fingerprint density at radius 1 is 1.56 bits per heavy atom. The van der Waals surface area contributed by atoms with Crippen molar-refractivity contribution >= 4 is 0 Å². The smallest absolute Gasteiger partial charge is 0.349 e. The van der Waals surface area contributed by atoms with Crippen molar-refractivity contribution in [2.45, 2.75) is 38.7 Å². The quantitative estimate of drug-likeness (QED) is 0.773. The van der Waals surface area contributed by atoms with E-state index in [0.717, 1.165) is 5.69 Å². The maximum absolute atomic E-state index is 11.9. The molecule has 0 aromatic carbocycles. The summed E-state index contributed by atoms with van der Waals surface area (Å²) >= 11 is 0. The maximum atomic E-state index is 11.9. The number of hydrogen-bond donors (Lipinski definition) is 2. The van der Waals surface area contributed by atoms with Gasteiger partial charge in [-0.15, -0.1) is 0 Å². The molecular formula is C12H18N2O4. The highest BCUT2D eigenvalue weighted by molar-refractivity contribution is 5.00. The lowest BCUT2D eigenvalue weighted by Gasteiger charge is -2.17. The van der Waals surface area contributed by atoms with E-state index in [9.17, 15) is 9.90 Å². The highest BCUT2D eigenvalue weighted by atomic mass is 16.5. The molecule has 1 fully saturated rings. The van der Waals surface area contributed by atoms with Crippen molar-refractivity contribution in [3.05, 3.63) is 28.4 Å². The van der Waals surface area contributed by atoms with Gasteiger partial charge in [-0.25, -0.2) is 4.79 Å². The van der Waals surface area contributed by atoms with E-state index in [4.69, 9.17) is 9.84 Å². The summed E-state index contributed by atoms with van der Waals surface area (Å²) in [7, 11) is 0. The zero-order valence-electron chi connectivity index (χ0n) is 10.5. The van der Waals surface area contributed by atoms with Crippen LogP contribution >= 0.6 is 0 Å². The number of ether oxygens (including phenoxy) is 1. The van der Waals surface area contributed by atoms with Crippen molar-refractivity contribution < 1.29 is 14.9 Å². The Bertz CT molecular complexity index is 473. The lowest BCUT2D eigenvalue weighted by atomic mass is 10.0. The van der Waals surface area contributed by atoms with E-state index in [1.54, 1.807) is 19.2 Å². The van der Waals surface area contributed by atoms with Crippen LogP contribution in [0.15, 0.2) is 17.1 Å². The van der Waals surface area contributed by atoms with E-state index in [2.05, 4.69) is 4.98 Å². The molecule has 1 aliphatic rings. The van der Waals surface area contributed by atoms with E-state index >= 15 is 0 Å². The van der Waals surface area contributed by atoms with Crippen LogP contribution in [0.1, 0.15) is 25.8 Å². The SMILES string of the molecule is CCc1ccn(C2OC(CO)C(O)C2C)c(=O)n1. The summed E-state index contributed by atoms with van der Waals surface area (Å²) in [5.41, 5.74) is 0.332. The molecule has 2 heterocycles. The van der Waals surface area contributed by atoms with E-state index < -0.39 is 24.1 Å². The van der Waals surface area contributed by atoms with Gasteiger partial charge >= 0.3 is 5.69 Å². The molecule has 0 radical (unpaired) electrons. The highest BCUT2D eigenvalue weighted by Crippen LogP contribution is 2.33. The number of aromatic nitrogens is 2. The third-order valence-electron chi connectivity index (χ3n) is 3.39. The van der Waals surface area contributed by atoms with E-state index in [1.807, 2.05) is 6.92 Å². The molecule has 100 valence electrons. The van der Waals surface area contributed by atoms with Gasteiger partial charge in [0.1, 0.15) is 12.3 Å². The molecule has 6 heteroatoms. The number of aliphatic hydroxyl groups excluding tert-OH is 2. The van der Waals surface area contributed by atoms with Crippen LogP contribution in [0.3, 0.4) is 0 Å². The lowest BCUT2D eigenvalue weighted by molar-refractivity contribution is -0.0476. The molecule has 0 saturated carbocycles. The second-order valence-electron chi connectivity index (χ2n) is 4.56. The molecule has 6 nitrogen and oxygen atoms in total. The van der Waals surface area contributed by atoms with Crippen molar-refractivity contribution in [2.75, 3.05) is 6.61 Å². The van der Waals surface area contributed by atoms with Gasteiger partial charge in [0, 0.05) is 17.8 Å². The number of aliphatic hydroxyl groups is 2. The van der Waals surface area contributed by atoms with Gasteiger partial charge in [0.2, 0.25) is 0 Å². The third kappa shape index (κ3) is 2.19. The van der Waals surface area contributed by atoms with Gasteiger partial charge in [-0.05, 0) is 12.5 Å². The molecule has 18 heavy (non-hydrogen) atoms. The van der Waals surface area contributed by atoms with Gasteiger partial charge in [0.15, 0.2) is 0 Å². The Balaban J connectivity index is 2.30. The summed E-state index contributed by atoms with van der Waals surface area (Å²) in [5, 5.41) is 18.9. The number of rotatable bonds is 3. The van der Waals surface area contributed by atoms with Crippen LogP contribution in [0.5, 0.6) is 0 Å². The average Bonchev–Trinajstić information content (AvgIpc) is 2.66. The zero-order valence-corrected chi connectivity index (χ0v) is 10.5. The molecule has 1 aromatic rings. The first-order valence-electron chi connectivity index (χ1n) is 6.11. The van der Waals surface area contributed by atoms with E-state index in [0.29, 0.717) is 6.42 Å². The van der Waals surface area contributed by atoms with Crippen molar-refractivity contribution in [1.29, 1.82) is 0 Å². The number of hydrogen-bond acceptors (Lipinski definition) is 5. The van der Waals surface area contributed by atoms with Crippen LogP contribution in [0, 0.1) is 5.92 Å². The molecule has 1 aliphatic heterocycles. The van der Waals surface area contributed by atoms with Gasteiger partial charge in [-0.3, -0.25) is 4.57 Å². The van der Waals surface area contributed by atoms with Crippen LogP contribution < -0.4 is 5.69 Å². The van der Waals surface area contributed by atoms with Gasteiger partial charge in [-0.2, -0.15) is 4.98 Å². The van der Waals surface area contributed by atoms with Gasteiger partial charge in [-0.1, -0.05) is 13.8 Å². The first-order valence-corrected chi connectivity index (χ1v) is 6.11. The summed E-state index contributed by atoms with van der Waals surface area (Å²) in [5.74, 6) is -0.269. The fraction of sp³-hybridized carbons (Fsp3) is 0.667. The van der Waals surface area contributed by atoms with Crippen molar-refractivity contribution in [3.63, 3.8) is 0 Å². The minimum atomic E-state index is -0.780. The van der Waals surface area contributed by atoms with Crippen LogP contribution in [-0.4, -0.2) is 38.6 Å². The van der Waals surface area contributed by atoms with Gasteiger partial charge < -0.3 is 14.9 Å². The van der Waals surface area contributed by atoms with Gasteiger partial charge in [0.05, 0.1) is 12.7 Å². The second-order valence-corrected chi connectivity index (χ2v) is 4.56. The Labute approximate surface area is 105 Å². The Morgan fingerprint density at radius 3 is 2.78 bits per heavy atom. The second kappa shape index (κ2) is 5.17. The summed E-state index contributed by atoms with van der Waals surface area (Å²) < 4.78 is 6.86. The molecule has 0 spiro atoms. The van der Waals surface area contributed by atoms with Crippen LogP contribution in [0.2, 0.25) is 0 Å². The van der Waals surface area contributed by atoms with E-state index in [1.165, 1.54) is 4.57 Å². The molecular weight excluding hydrogens is 236 g/mol. The standard InChI is InChI=1S/C12H18N2O4/c1-3-8-4-5-14(12(17)13-8)11-7(2)10(16)9(6-15)18-11/h4-5,7,9-11,15-16H,3,6H2,1-2H3. The lowest BCUT2D eigenvalue weighted by Crippen LogP contribution is -2.31. The zero-order chi connectivity index (χ0) is 13.3. The molecule has 1 saturated heterocycles. The number of nitrogens with zero attached hydrogens (tertiary/aromatic N) is 2. The Kier molecular flexibility index (Phi) is 3.79. The first-order chi connectivity index (χ1) is 8.58. The highest BCUT2D eigenvalue weighted by Gasteiger charge is 2.41.